The van der Waals surface area contributed by atoms with E-state index in [0.29, 0.717) is 36.2 Å². The average molecular weight is 376 g/mol. The molecule has 0 spiro atoms. The fourth-order valence-electron chi connectivity index (χ4n) is 2.71. The van der Waals surface area contributed by atoms with Crippen LogP contribution in [-0.2, 0) is 10.0 Å². The number of hydrogen-bond acceptors (Lipinski definition) is 3. The molecule has 0 aliphatic carbocycles. The van der Waals surface area contributed by atoms with Crippen molar-refractivity contribution in [2.75, 3.05) is 31.5 Å². The Balaban J connectivity index is 1.61. The number of aryl methyl sites for hydroxylation is 1. The smallest absolute Gasteiger partial charge is 0.243 e. The van der Waals surface area contributed by atoms with E-state index >= 15 is 0 Å². The van der Waals surface area contributed by atoms with Gasteiger partial charge < -0.3 is 10.2 Å². The van der Waals surface area contributed by atoms with Crippen molar-refractivity contribution < 1.29 is 8.42 Å². The van der Waals surface area contributed by atoms with Crippen molar-refractivity contribution in [2.45, 2.75) is 11.8 Å². The highest BCUT2D eigenvalue weighted by atomic mass is 32.2. The van der Waals surface area contributed by atoms with Crippen molar-refractivity contribution >= 4 is 33.0 Å². The van der Waals surface area contributed by atoms with Crippen LogP contribution in [0.1, 0.15) is 5.56 Å². The molecule has 7 heteroatoms. The molecular weight excluding hydrogens is 354 g/mol. The fourth-order valence-corrected chi connectivity index (χ4v) is 4.44. The molecule has 0 radical (unpaired) electrons. The minimum Gasteiger partial charge on any atom is -0.346 e. The first-order valence-electron chi connectivity index (χ1n) is 8.14. The predicted molar refractivity (Wildman–Crippen MR) is 104 cm³/mol. The summed E-state index contributed by atoms with van der Waals surface area (Å²) in [4.78, 5) is 2.35. The molecule has 1 saturated heterocycles. The first-order chi connectivity index (χ1) is 12.0. The molecule has 2 aromatic rings. The van der Waals surface area contributed by atoms with Gasteiger partial charge in [-0.1, -0.05) is 35.9 Å². The number of anilines is 1. The third-order valence-electron chi connectivity index (χ3n) is 4.21. The van der Waals surface area contributed by atoms with Crippen molar-refractivity contribution in [3.05, 3.63) is 60.2 Å². The van der Waals surface area contributed by atoms with Crippen LogP contribution in [-0.4, -0.2) is 48.9 Å². The molecule has 0 aromatic heterocycles. The van der Waals surface area contributed by atoms with Gasteiger partial charge in [-0.25, -0.2) is 8.42 Å². The Morgan fingerprint density at radius 1 is 0.960 bits per heavy atom. The summed E-state index contributed by atoms with van der Waals surface area (Å²) in [6, 6.07) is 16.7. The highest BCUT2D eigenvalue weighted by molar-refractivity contribution is 7.89. The summed E-state index contributed by atoms with van der Waals surface area (Å²) in [6.07, 6.45) is 0. The second-order valence-electron chi connectivity index (χ2n) is 6.00. The van der Waals surface area contributed by atoms with Gasteiger partial charge in [0.25, 0.3) is 0 Å². The number of para-hydroxylation sites is 1. The normalized spacial score (nSPS) is 15.8. The predicted octanol–water partition coefficient (Wildman–Crippen LogP) is 2.70. The van der Waals surface area contributed by atoms with E-state index in [-0.39, 0.29) is 0 Å². The lowest BCUT2D eigenvalue weighted by molar-refractivity contribution is 0.268. The molecular formula is C18H21N3O2S2. The van der Waals surface area contributed by atoms with E-state index in [4.69, 9.17) is 12.2 Å². The van der Waals surface area contributed by atoms with Crippen LogP contribution in [0.4, 0.5) is 5.69 Å². The molecule has 1 fully saturated rings. The van der Waals surface area contributed by atoms with Crippen LogP contribution < -0.4 is 5.32 Å². The zero-order valence-corrected chi connectivity index (χ0v) is 15.7. The van der Waals surface area contributed by atoms with Crippen molar-refractivity contribution in [2.24, 2.45) is 0 Å². The second kappa shape index (κ2) is 7.51. The number of rotatable bonds is 3. The molecule has 1 heterocycles. The second-order valence-corrected chi connectivity index (χ2v) is 8.32. The number of thiocarbonyl (C=S) groups is 1. The Hall–Kier alpha value is -1.96. The SMILES string of the molecule is Cc1ccc(S(=O)(=O)N2CCN(C(=S)Nc3ccccc3)CC2)cc1. The van der Waals surface area contributed by atoms with Crippen LogP contribution in [0.15, 0.2) is 59.5 Å². The van der Waals surface area contributed by atoms with Gasteiger partial charge in [-0.3, -0.25) is 0 Å². The molecule has 3 rings (SSSR count). The Kier molecular flexibility index (Phi) is 5.36. The molecule has 0 bridgehead atoms. The molecule has 0 amide bonds. The largest absolute Gasteiger partial charge is 0.346 e. The number of hydrogen-bond donors (Lipinski definition) is 1. The summed E-state index contributed by atoms with van der Waals surface area (Å²) in [6.45, 7) is 3.93. The summed E-state index contributed by atoms with van der Waals surface area (Å²) in [5, 5.41) is 3.82. The van der Waals surface area contributed by atoms with Gasteiger partial charge in [-0.05, 0) is 43.4 Å². The highest BCUT2D eigenvalue weighted by Crippen LogP contribution is 2.18. The number of sulfonamides is 1. The third kappa shape index (κ3) is 4.18. The molecule has 132 valence electrons. The summed E-state index contributed by atoms with van der Waals surface area (Å²) < 4.78 is 27.0. The van der Waals surface area contributed by atoms with Crippen LogP contribution in [0.5, 0.6) is 0 Å². The molecule has 0 saturated carbocycles. The zero-order valence-electron chi connectivity index (χ0n) is 14.1. The zero-order chi connectivity index (χ0) is 17.9. The monoisotopic (exact) mass is 375 g/mol. The summed E-state index contributed by atoms with van der Waals surface area (Å²) in [7, 11) is -3.44. The Labute approximate surface area is 154 Å². The third-order valence-corrected chi connectivity index (χ3v) is 6.48. The minimum absolute atomic E-state index is 0.344. The van der Waals surface area contributed by atoms with Gasteiger partial charge in [-0.2, -0.15) is 4.31 Å². The highest BCUT2D eigenvalue weighted by Gasteiger charge is 2.29. The number of piperazine rings is 1. The first-order valence-corrected chi connectivity index (χ1v) is 9.99. The van der Waals surface area contributed by atoms with Crippen molar-refractivity contribution in [3.63, 3.8) is 0 Å². The molecule has 2 aromatic carbocycles. The van der Waals surface area contributed by atoms with E-state index in [1.54, 1.807) is 12.1 Å². The van der Waals surface area contributed by atoms with Crippen LogP contribution >= 0.6 is 12.2 Å². The quantitative estimate of drug-likeness (QED) is 0.836. The topological polar surface area (TPSA) is 52.7 Å². The van der Waals surface area contributed by atoms with E-state index in [9.17, 15) is 8.42 Å². The van der Waals surface area contributed by atoms with Crippen LogP contribution in [0.25, 0.3) is 0 Å². The lowest BCUT2D eigenvalue weighted by atomic mass is 10.2. The molecule has 1 aliphatic heterocycles. The Morgan fingerprint density at radius 2 is 1.56 bits per heavy atom. The number of nitrogens with one attached hydrogen (secondary N) is 1. The summed E-state index contributed by atoms with van der Waals surface area (Å²) in [5.74, 6) is 0. The standard InChI is InChI=1S/C18H21N3O2S2/c1-15-7-9-17(10-8-15)25(22,23)21-13-11-20(12-14-21)18(24)19-16-5-3-2-4-6-16/h2-10H,11-14H2,1H3,(H,19,24). The summed E-state index contributed by atoms with van der Waals surface area (Å²) >= 11 is 5.44. The number of benzene rings is 2. The van der Waals surface area contributed by atoms with Gasteiger partial charge in [-0.15, -0.1) is 0 Å². The van der Waals surface area contributed by atoms with E-state index in [0.717, 1.165) is 11.3 Å². The van der Waals surface area contributed by atoms with Gasteiger partial charge in [0, 0.05) is 31.9 Å². The van der Waals surface area contributed by atoms with Crippen molar-refractivity contribution in [1.82, 2.24) is 9.21 Å². The van der Waals surface area contributed by atoms with Crippen LogP contribution in [0.2, 0.25) is 0 Å². The maximum absolute atomic E-state index is 12.7. The van der Waals surface area contributed by atoms with E-state index in [2.05, 4.69) is 5.32 Å². The molecule has 0 unspecified atom stereocenters. The Bertz CT molecular complexity index is 828. The fraction of sp³-hybridized carbons (Fsp3) is 0.278. The maximum Gasteiger partial charge on any atom is 0.243 e. The van der Waals surface area contributed by atoms with Crippen LogP contribution in [0, 0.1) is 6.92 Å². The molecule has 1 aliphatic rings. The maximum atomic E-state index is 12.7. The number of nitrogens with zero attached hydrogens (tertiary/aromatic N) is 2. The molecule has 25 heavy (non-hydrogen) atoms. The van der Waals surface area contributed by atoms with Crippen molar-refractivity contribution in [1.29, 1.82) is 0 Å². The van der Waals surface area contributed by atoms with Gasteiger partial charge in [0.2, 0.25) is 10.0 Å². The van der Waals surface area contributed by atoms with Gasteiger partial charge in [0.1, 0.15) is 0 Å². The van der Waals surface area contributed by atoms with Gasteiger partial charge in [0.05, 0.1) is 4.90 Å². The van der Waals surface area contributed by atoms with Gasteiger partial charge >= 0.3 is 0 Å². The van der Waals surface area contributed by atoms with E-state index in [1.807, 2.05) is 54.3 Å². The van der Waals surface area contributed by atoms with Crippen LogP contribution in [0.3, 0.4) is 0 Å². The first kappa shape index (κ1) is 17.8. The Morgan fingerprint density at radius 3 is 2.16 bits per heavy atom. The van der Waals surface area contributed by atoms with Crippen molar-refractivity contribution in [3.8, 4) is 0 Å². The lowest BCUT2D eigenvalue weighted by Crippen LogP contribution is -2.51. The lowest BCUT2D eigenvalue weighted by Gasteiger charge is -2.35. The average Bonchev–Trinajstić information content (AvgIpc) is 2.63. The molecule has 1 N–H and O–H groups in total. The minimum atomic E-state index is -3.44. The van der Waals surface area contributed by atoms with Gasteiger partial charge in [0.15, 0.2) is 5.11 Å². The molecule has 0 atom stereocenters. The van der Waals surface area contributed by atoms with E-state index < -0.39 is 10.0 Å². The molecule has 5 nitrogen and oxygen atoms in total. The summed E-state index contributed by atoms with van der Waals surface area (Å²) in [5.41, 5.74) is 1.98. The van der Waals surface area contributed by atoms with E-state index in [1.165, 1.54) is 4.31 Å².